The van der Waals surface area contributed by atoms with Gasteiger partial charge in [0.05, 0.1) is 24.1 Å². The summed E-state index contributed by atoms with van der Waals surface area (Å²) < 4.78 is 12.2. The second kappa shape index (κ2) is 10.4. The molecule has 0 radical (unpaired) electrons. The van der Waals surface area contributed by atoms with Crippen LogP contribution < -0.4 is 20.7 Å². The number of carbonyl (C=O) groups excluding carboxylic acids is 3. The van der Waals surface area contributed by atoms with Crippen molar-refractivity contribution in [3.8, 4) is 5.75 Å². The molecule has 1 aromatic rings. The van der Waals surface area contributed by atoms with Gasteiger partial charge in [0.1, 0.15) is 18.5 Å². The number of hydrogen-bond acceptors (Lipinski definition) is 5. The van der Waals surface area contributed by atoms with Crippen LogP contribution in [0.15, 0.2) is 18.2 Å². The molecule has 1 aromatic carbocycles. The molecule has 1 saturated heterocycles. The highest BCUT2D eigenvalue weighted by Gasteiger charge is 2.39. The van der Waals surface area contributed by atoms with Crippen molar-refractivity contribution >= 4 is 23.5 Å². The van der Waals surface area contributed by atoms with Crippen LogP contribution in [0.1, 0.15) is 62.2 Å². The van der Waals surface area contributed by atoms with Gasteiger partial charge in [0.2, 0.25) is 5.91 Å². The predicted molar refractivity (Wildman–Crippen MR) is 123 cm³/mol. The second-order valence-corrected chi connectivity index (χ2v) is 9.16. The van der Waals surface area contributed by atoms with E-state index in [2.05, 4.69) is 16.0 Å². The number of amides is 4. The number of urea groups is 1. The van der Waals surface area contributed by atoms with Crippen LogP contribution in [0, 0.1) is 0 Å². The Balaban J connectivity index is 1.41. The summed E-state index contributed by atoms with van der Waals surface area (Å²) in [4.78, 5) is 39.3. The summed E-state index contributed by atoms with van der Waals surface area (Å²) in [6.45, 7) is 2.85. The first-order chi connectivity index (χ1) is 15.9. The average molecular weight is 459 g/mol. The van der Waals surface area contributed by atoms with Gasteiger partial charge in [-0.05, 0) is 56.7 Å². The minimum atomic E-state index is -0.308. The summed E-state index contributed by atoms with van der Waals surface area (Å²) in [6.07, 6.45) is 5.44. The molecule has 3 aliphatic rings. The molecule has 1 aliphatic carbocycles. The Hall–Kier alpha value is -2.81. The smallest absolute Gasteiger partial charge is 0.319 e. The third-order valence-electron chi connectivity index (χ3n) is 6.69. The monoisotopic (exact) mass is 458 g/mol. The van der Waals surface area contributed by atoms with Crippen LogP contribution in [-0.4, -0.2) is 67.2 Å². The van der Waals surface area contributed by atoms with Crippen LogP contribution >= 0.6 is 0 Å². The third-order valence-corrected chi connectivity index (χ3v) is 6.69. The van der Waals surface area contributed by atoms with E-state index >= 15 is 0 Å². The number of fused-ring (bicyclic) bond motifs is 2. The average Bonchev–Trinajstić information content (AvgIpc) is 2.77. The summed E-state index contributed by atoms with van der Waals surface area (Å²) in [7, 11) is 1.77. The summed E-state index contributed by atoms with van der Waals surface area (Å²) in [6, 6.07) is 4.93. The van der Waals surface area contributed by atoms with E-state index in [-0.39, 0.29) is 36.1 Å². The lowest BCUT2D eigenvalue weighted by Gasteiger charge is -2.42. The Morgan fingerprint density at radius 2 is 2.00 bits per heavy atom. The minimum Gasteiger partial charge on any atom is -0.490 e. The van der Waals surface area contributed by atoms with E-state index in [1.165, 1.54) is 6.42 Å². The van der Waals surface area contributed by atoms with E-state index in [9.17, 15) is 14.4 Å². The fraction of sp³-hybridized carbons (Fsp3) is 0.625. The number of rotatable bonds is 6. The van der Waals surface area contributed by atoms with Crippen molar-refractivity contribution in [2.24, 2.45) is 0 Å². The molecule has 1 saturated carbocycles. The number of carbonyl (C=O) groups is 3. The van der Waals surface area contributed by atoms with Crippen molar-refractivity contribution in [3.05, 3.63) is 23.8 Å². The Bertz CT molecular complexity index is 888. The largest absolute Gasteiger partial charge is 0.490 e. The molecule has 4 amide bonds. The SMILES string of the molecule is CCCNC(=O)Nc1ccc2c(c1)C(=O)N(C)[C@@H]1CC[C@H](CC(=O)NC3CCC3)O[C@H]1CO2. The van der Waals surface area contributed by atoms with Gasteiger partial charge in [-0.15, -0.1) is 0 Å². The molecule has 0 spiro atoms. The molecule has 0 aromatic heterocycles. The van der Waals surface area contributed by atoms with Gasteiger partial charge < -0.3 is 30.3 Å². The highest BCUT2D eigenvalue weighted by Crippen LogP contribution is 2.32. The van der Waals surface area contributed by atoms with E-state index in [1.807, 2.05) is 6.92 Å². The minimum absolute atomic E-state index is 0.0349. The van der Waals surface area contributed by atoms with Gasteiger partial charge in [-0.3, -0.25) is 9.59 Å². The van der Waals surface area contributed by atoms with Crippen molar-refractivity contribution in [2.45, 2.75) is 76.2 Å². The maximum atomic E-state index is 13.3. The van der Waals surface area contributed by atoms with Crippen molar-refractivity contribution in [2.75, 3.05) is 25.5 Å². The van der Waals surface area contributed by atoms with Crippen molar-refractivity contribution in [3.63, 3.8) is 0 Å². The van der Waals surface area contributed by atoms with Crippen molar-refractivity contribution < 1.29 is 23.9 Å². The van der Waals surface area contributed by atoms with E-state index in [1.54, 1.807) is 30.1 Å². The van der Waals surface area contributed by atoms with Crippen molar-refractivity contribution in [1.82, 2.24) is 15.5 Å². The molecule has 0 bridgehead atoms. The van der Waals surface area contributed by atoms with Gasteiger partial charge in [-0.25, -0.2) is 4.79 Å². The first-order valence-corrected chi connectivity index (χ1v) is 12.0. The first kappa shape index (κ1) is 23.4. The van der Waals surface area contributed by atoms with Gasteiger partial charge >= 0.3 is 6.03 Å². The fourth-order valence-electron chi connectivity index (χ4n) is 4.57. The molecule has 2 fully saturated rings. The number of likely N-dealkylation sites (N-methyl/N-ethyl adjacent to an activating group) is 1. The number of anilines is 1. The van der Waals surface area contributed by atoms with Crippen LogP contribution in [0.2, 0.25) is 0 Å². The van der Waals surface area contributed by atoms with Crippen LogP contribution in [0.3, 0.4) is 0 Å². The topological polar surface area (TPSA) is 109 Å². The number of ether oxygens (including phenoxy) is 2. The van der Waals surface area contributed by atoms with E-state index in [0.29, 0.717) is 49.0 Å². The third kappa shape index (κ3) is 5.58. The van der Waals surface area contributed by atoms with Gasteiger partial charge in [-0.2, -0.15) is 0 Å². The normalized spacial score (nSPS) is 24.8. The zero-order valence-electron chi connectivity index (χ0n) is 19.4. The van der Waals surface area contributed by atoms with E-state index in [0.717, 1.165) is 25.7 Å². The lowest BCUT2D eigenvalue weighted by molar-refractivity contribution is -0.135. The number of nitrogens with zero attached hydrogens (tertiary/aromatic N) is 1. The Morgan fingerprint density at radius 1 is 1.18 bits per heavy atom. The van der Waals surface area contributed by atoms with E-state index in [4.69, 9.17) is 9.47 Å². The van der Waals surface area contributed by atoms with Gasteiger partial charge in [0.25, 0.3) is 5.91 Å². The lowest BCUT2D eigenvalue weighted by Crippen LogP contribution is -2.54. The van der Waals surface area contributed by atoms with Gasteiger partial charge in [-0.1, -0.05) is 6.92 Å². The standard InChI is InChI=1S/C24H34N4O5/c1-3-11-25-24(31)27-16-7-10-20-18(12-16)23(30)28(2)19-9-8-17(33-21(19)14-32-20)13-22(29)26-15-5-4-6-15/h7,10,12,15,17,19,21H,3-6,8-9,11,13-14H2,1-2H3,(H,26,29)(H2,25,27,31)/t17-,19-,21+/m1/s1. The summed E-state index contributed by atoms with van der Waals surface area (Å²) in [5.41, 5.74) is 0.938. The van der Waals surface area contributed by atoms with Crippen LogP contribution in [0.5, 0.6) is 5.75 Å². The first-order valence-electron chi connectivity index (χ1n) is 12.0. The van der Waals surface area contributed by atoms with Gasteiger partial charge in [0.15, 0.2) is 0 Å². The maximum absolute atomic E-state index is 13.3. The van der Waals surface area contributed by atoms with Gasteiger partial charge in [0, 0.05) is 25.3 Å². The lowest BCUT2D eigenvalue weighted by atomic mass is 9.92. The fourth-order valence-corrected chi connectivity index (χ4v) is 4.57. The molecule has 180 valence electrons. The molecule has 4 rings (SSSR count). The Labute approximate surface area is 194 Å². The zero-order valence-corrected chi connectivity index (χ0v) is 19.4. The molecule has 9 heteroatoms. The van der Waals surface area contributed by atoms with Crippen LogP contribution in [0.25, 0.3) is 0 Å². The second-order valence-electron chi connectivity index (χ2n) is 9.16. The number of nitrogens with one attached hydrogen (secondary N) is 3. The molecule has 2 aliphatic heterocycles. The summed E-state index contributed by atoms with van der Waals surface area (Å²) in [5.74, 6) is 0.313. The van der Waals surface area contributed by atoms with E-state index < -0.39 is 0 Å². The van der Waals surface area contributed by atoms with Crippen LogP contribution in [0.4, 0.5) is 10.5 Å². The molecular weight excluding hydrogens is 424 g/mol. The van der Waals surface area contributed by atoms with Crippen LogP contribution in [-0.2, 0) is 9.53 Å². The molecule has 9 nitrogen and oxygen atoms in total. The molecule has 33 heavy (non-hydrogen) atoms. The highest BCUT2D eigenvalue weighted by molar-refractivity contribution is 5.99. The predicted octanol–water partition coefficient (Wildman–Crippen LogP) is 2.66. The zero-order chi connectivity index (χ0) is 23.4. The highest BCUT2D eigenvalue weighted by atomic mass is 16.5. The summed E-state index contributed by atoms with van der Waals surface area (Å²) >= 11 is 0. The molecule has 3 atom stereocenters. The van der Waals surface area contributed by atoms with Crippen molar-refractivity contribution in [1.29, 1.82) is 0 Å². The quantitative estimate of drug-likeness (QED) is 0.607. The Morgan fingerprint density at radius 3 is 2.73 bits per heavy atom. The molecule has 0 unspecified atom stereocenters. The maximum Gasteiger partial charge on any atom is 0.319 e. The molecular formula is C24H34N4O5. The molecule has 3 N–H and O–H groups in total. The number of benzene rings is 1. The Kier molecular flexibility index (Phi) is 7.37. The number of hydrogen-bond donors (Lipinski definition) is 3. The molecule has 2 heterocycles. The summed E-state index contributed by atoms with van der Waals surface area (Å²) in [5, 5.41) is 8.58.